The Morgan fingerprint density at radius 2 is 1.60 bits per heavy atom. The molecule has 0 aromatic rings. The summed E-state index contributed by atoms with van der Waals surface area (Å²) in [6.45, 7) is 8.37. The van der Waals surface area contributed by atoms with E-state index in [-0.39, 0.29) is 29.6 Å². The van der Waals surface area contributed by atoms with Gasteiger partial charge in [0.2, 0.25) is 11.8 Å². The zero-order valence-corrected chi connectivity index (χ0v) is 12.8. The van der Waals surface area contributed by atoms with Crippen molar-refractivity contribution >= 4 is 17.7 Å². The van der Waals surface area contributed by atoms with Crippen molar-refractivity contribution < 1.29 is 14.4 Å². The number of carbonyl (C=O) groups is 3. The highest BCUT2D eigenvalue weighted by molar-refractivity contribution is 6.04. The van der Waals surface area contributed by atoms with Gasteiger partial charge in [-0.15, -0.1) is 0 Å². The van der Waals surface area contributed by atoms with Crippen molar-refractivity contribution in [3.63, 3.8) is 0 Å². The first kappa shape index (κ1) is 15.0. The number of rotatable bonds is 2. The second kappa shape index (κ2) is 5.19. The summed E-state index contributed by atoms with van der Waals surface area (Å²) < 4.78 is 0. The van der Waals surface area contributed by atoms with E-state index in [0.717, 1.165) is 6.42 Å². The number of carbonyl (C=O) groups excluding carboxylic acids is 3. The fourth-order valence-electron chi connectivity index (χ4n) is 3.27. The number of imide groups is 1. The van der Waals surface area contributed by atoms with Crippen molar-refractivity contribution in [1.82, 2.24) is 9.80 Å². The van der Waals surface area contributed by atoms with Crippen molar-refractivity contribution in [2.24, 2.45) is 11.8 Å². The van der Waals surface area contributed by atoms with Crippen molar-refractivity contribution in [2.75, 3.05) is 13.1 Å². The summed E-state index contributed by atoms with van der Waals surface area (Å²) in [7, 11) is 0. The lowest BCUT2D eigenvalue weighted by Crippen LogP contribution is -2.54. The number of nitrogens with zero attached hydrogens (tertiary/aromatic N) is 2. The zero-order chi connectivity index (χ0) is 15.1. The number of likely N-dealkylation sites (tertiary alicyclic amines) is 2. The van der Waals surface area contributed by atoms with Crippen LogP contribution in [0.4, 0.5) is 0 Å². The molecule has 2 rings (SSSR count). The maximum atomic E-state index is 12.7. The van der Waals surface area contributed by atoms with E-state index in [1.54, 1.807) is 18.7 Å². The van der Waals surface area contributed by atoms with Crippen molar-refractivity contribution in [2.45, 2.75) is 52.5 Å². The van der Waals surface area contributed by atoms with Crippen LogP contribution in [0.15, 0.2) is 0 Å². The molecule has 2 fully saturated rings. The molecule has 2 aliphatic rings. The first-order valence-electron chi connectivity index (χ1n) is 7.48. The van der Waals surface area contributed by atoms with Gasteiger partial charge in [0.15, 0.2) is 0 Å². The fraction of sp³-hybridized carbons (Fsp3) is 0.800. The summed E-state index contributed by atoms with van der Waals surface area (Å²) in [4.78, 5) is 40.3. The van der Waals surface area contributed by atoms with E-state index in [4.69, 9.17) is 0 Å². The highest BCUT2D eigenvalue weighted by atomic mass is 16.2. The van der Waals surface area contributed by atoms with Crippen LogP contribution in [-0.4, -0.2) is 46.1 Å². The Hall–Kier alpha value is -1.39. The summed E-state index contributed by atoms with van der Waals surface area (Å²) in [5.41, 5.74) is -0.744. The second-order valence-electron chi connectivity index (χ2n) is 6.48. The molecule has 1 spiro atoms. The molecule has 0 aromatic carbocycles. The molecular formula is C15H24N2O3. The monoisotopic (exact) mass is 280 g/mol. The quantitative estimate of drug-likeness (QED) is 0.768. The van der Waals surface area contributed by atoms with Crippen LogP contribution in [0.1, 0.15) is 47.0 Å². The van der Waals surface area contributed by atoms with Crippen molar-refractivity contribution in [1.29, 1.82) is 0 Å². The van der Waals surface area contributed by atoms with E-state index in [2.05, 4.69) is 0 Å². The predicted octanol–water partition coefficient (Wildman–Crippen LogP) is 1.42. The normalized spacial score (nSPS) is 26.4. The minimum Gasteiger partial charge on any atom is -0.328 e. The third-order valence-electron chi connectivity index (χ3n) is 4.40. The zero-order valence-electron chi connectivity index (χ0n) is 12.8. The van der Waals surface area contributed by atoms with Gasteiger partial charge in [0.1, 0.15) is 5.54 Å². The van der Waals surface area contributed by atoms with Crippen LogP contribution >= 0.6 is 0 Å². The van der Waals surface area contributed by atoms with E-state index in [9.17, 15) is 14.4 Å². The van der Waals surface area contributed by atoms with Gasteiger partial charge in [0, 0.05) is 24.9 Å². The van der Waals surface area contributed by atoms with Gasteiger partial charge in [0.05, 0.1) is 0 Å². The van der Waals surface area contributed by atoms with Gasteiger partial charge in [-0.3, -0.25) is 19.3 Å². The molecular weight excluding hydrogens is 256 g/mol. The molecule has 0 aromatic heterocycles. The minimum absolute atomic E-state index is 0.0229. The van der Waals surface area contributed by atoms with Crippen LogP contribution in [0.5, 0.6) is 0 Å². The summed E-state index contributed by atoms with van der Waals surface area (Å²) in [6.07, 6.45) is 2.11. The number of hydrogen-bond acceptors (Lipinski definition) is 3. The maximum absolute atomic E-state index is 12.7. The molecule has 3 amide bonds. The van der Waals surface area contributed by atoms with Gasteiger partial charge >= 0.3 is 0 Å². The molecule has 2 saturated heterocycles. The van der Waals surface area contributed by atoms with Gasteiger partial charge in [-0.2, -0.15) is 0 Å². The summed E-state index contributed by atoms with van der Waals surface area (Å²) in [5, 5.41) is 0. The Morgan fingerprint density at radius 1 is 1.00 bits per heavy atom. The lowest BCUT2D eigenvalue weighted by Gasteiger charge is -2.34. The maximum Gasteiger partial charge on any atom is 0.255 e. The predicted molar refractivity (Wildman–Crippen MR) is 74.7 cm³/mol. The molecule has 5 heteroatoms. The molecule has 1 unspecified atom stereocenters. The number of amides is 3. The average molecular weight is 280 g/mol. The molecule has 5 nitrogen and oxygen atoms in total. The SMILES string of the molecule is CC(C)C(=O)N1CCC2(CCCN2C(=O)C(C)C)C1=O. The fourth-order valence-corrected chi connectivity index (χ4v) is 3.27. The molecule has 112 valence electrons. The van der Waals surface area contributed by atoms with Gasteiger partial charge in [-0.1, -0.05) is 27.7 Å². The molecule has 2 heterocycles. The van der Waals surface area contributed by atoms with Crippen LogP contribution in [0.2, 0.25) is 0 Å². The molecule has 20 heavy (non-hydrogen) atoms. The van der Waals surface area contributed by atoms with Crippen LogP contribution < -0.4 is 0 Å². The number of hydrogen-bond donors (Lipinski definition) is 0. The van der Waals surface area contributed by atoms with Crippen molar-refractivity contribution in [3.05, 3.63) is 0 Å². The van der Waals surface area contributed by atoms with Gasteiger partial charge in [0.25, 0.3) is 5.91 Å². The van der Waals surface area contributed by atoms with Crippen LogP contribution in [-0.2, 0) is 14.4 Å². The van der Waals surface area contributed by atoms with E-state index in [1.165, 1.54) is 4.90 Å². The molecule has 0 saturated carbocycles. The standard InChI is InChI=1S/C15H24N2O3/c1-10(2)12(18)16-9-7-15(14(16)20)6-5-8-17(15)13(19)11(3)4/h10-11H,5-9H2,1-4H3. The Morgan fingerprint density at radius 3 is 2.15 bits per heavy atom. The molecule has 0 aliphatic carbocycles. The topological polar surface area (TPSA) is 57.7 Å². The summed E-state index contributed by atoms with van der Waals surface area (Å²) in [5.74, 6) is -0.578. The Labute approximate surface area is 120 Å². The molecule has 2 aliphatic heterocycles. The molecule has 1 atom stereocenters. The second-order valence-corrected chi connectivity index (χ2v) is 6.48. The van der Waals surface area contributed by atoms with E-state index < -0.39 is 5.54 Å². The van der Waals surface area contributed by atoms with Gasteiger partial charge in [-0.05, 0) is 19.3 Å². The van der Waals surface area contributed by atoms with Crippen molar-refractivity contribution in [3.8, 4) is 0 Å². The third kappa shape index (κ3) is 2.13. The van der Waals surface area contributed by atoms with Crippen LogP contribution in [0, 0.1) is 11.8 Å². The van der Waals surface area contributed by atoms with E-state index in [0.29, 0.717) is 25.9 Å². The summed E-state index contributed by atoms with van der Waals surface area (Å²) >= 11 is 0. The first-order valence-corrected chi connectivity index (χ1v) is 7.48. The van der Waals surface area contributed by atoms with Gasteiger partial charge in [-0.25, -0.2) is 0 Å². The molecule has 0 N–H and O–H groups in total. The largest absolute Gasteiger partial charge is 0.328 e. The lowest BCUT2D eigenvalue weighted by molar-refractivity contribution is -0.153. The minimum atomic E-state index is -0.744. The smallest absolute Gasteiger partial charge is 0.255 e. The van der Waals surface area contributed by atoms with Crippen LogP contribution in [0.3, 0.4) is 0 Å². The summed E-state index contributed by atoms with van der Waals surface area (Å²) in [6, 6.07) is 0. The molecule has 0 radical (unpaired) electrons. The van der Waals surface area contributed by atoms with Crippen LogP contribution in [0.25, 0.3) is 0 Å². The Balaban J connectivity index is 2.26. The lowest BCUT2D eigenvalue weighted by atomic mass is 9.93. The van der Waals surface area contributed by atoms with E-state index >= 15 is 0 Å². The first-order chi connectivity index (χ1) is 9.31. The molecule has 0 bridgehead atoms. The highest BCUT2D eigenvalue weighted by Gasteiger charge is 2.56. The Kier molecular flexibility index (Phi) is 3.89. The Bertz CT molecular complexity index is 444. The van der Waals surface area contributed by atoms with Gasteiger partial charge < -0.3 is 4.90 Å². The third-order valence-corrected chi connectivity index (χ3v) is 4.40. The average Bonchev–Trinajstić information content (AvgIpc) is 2.95. The highest BCUT2D eigenvalue weighted by Crippen LogP contribution is 2.39. The van der Waals surface area contributed by atoms with E-state index in [1.807, 2.05) is 13.8 Å².